The molecular formula is C19H22N4O6. The van der Waals surface area contributed by atoms with Crippen LogP contribution < -0.4 is 14.8 Å². The molecule has 1 aromatic rings. The van der Waals surface area contributed by atoms with Crippen LogP contribution in [0.1, 0.15) is 0 Å². The van der Waals surface area contributed by atoms with Crippen molar-refractivity contribution in [2.24, 2.45) is 5.92 Å². The molecule has 3 aliphatic heterocycles. The first kappa shape index (κ1) is 19.1. The van der Waals surface area contributed by atoms with E-state index in [1.54, 1.807) is 43.3 Å². The van der Waals surface area contributed by atoms with Crippen LogP contribution in [0.5, 0.6) is 11.5 Å². The molecule has 0 aliphatic carbocycles. The highest BCUT2D eigenvalue weighted by molar-refractivity contribution is 6.06. The molecule has 0 radical (unpaired) electrons. The van der Waals surface area contributed by atoms with Crippen LogP contribution in [-0.2, 0) is 14.3 Å². The highest BCUT2D eigenvalue weighted by atomic mass is 16.7. The summed E-state index contributed by atoms with van der Waals surface area (Å²) in [4.78, 5) is 42.4. The number of amides is 4. The summed E-state index contributed by atoms with van der Waals surface area (Å²) in [6, 6.07) is 4.69. The highest BCUT2D eigenvalue weighted by Crippen LogP contribution is 2.36. The van der Waals surface area contributed by atoms with Crippen molar-refractivity contribution in [3.05, 3.63) is 30.0 Å². The van der Waals surface area contributed by atoms with E-state index in [0.29, 0.717) is 36.0 Å². The van der Waals surface area contributed by atoms with Crippen molar-refractivity contribution >= 4 is 23.5 Å². The maximum Gasteiger partial charge on any atom is 0.327 e. The second-order valence-corrected chi connectivity index (χ2v) is 6.99. The number of nitrogens with zero attached hydrogens (tertiary/aromatic N) is 3. The number of hydrogen-bond donors (Lipinski definition) is 1. The first-order valence-electron chi connectivity index (χ1n) is 9.15. The van der Waals surface area contributed by atoms with E-state index in [-0.39, 0.29) is 18.6 Å². The number of carbonyl (C=O) groups excluding carboxylic acids is 3. The van der Waals surface area contributed by atoms with Crippen molar-refractivity contribution in [1.82, 2.24) is 14.7 Å². The quantitative estimate of drug-likeness (QED) is 0.772. The first-order valence-corrected chi connectivity index (χ1v) is 9.15. The van der Waals surface area contributed by atoms with Gasteiger partial charge in [-0.15, -0.1) is 0 Å². The molecule has 4 rings (SSSR count). The maximum atomic E-state index is 13.0. The molecule has 4 amide bonds. The molecule has 0 spiro atoms. The Morgan fingerprint density at radius 3 is 2.76 bits per heavy atom. The summed E-state index contributed by atoms with van der Waals surface area (Å²) in [5.41, 5.74) is 0.854. The van der Waals surface area contributed by atoms with E-state index in [4.69, 9.17) is 14.2 Å². The van der Waals surface area contributed by atoms with Gasteiger partial charge in [-0.25, -0.2) is 4.79 Å². The van der Waals surface area contributed by atoms with E-state index >= 15 is 0 Å². The van der Waals surface area contributed by atoms with Crippen LogP contribution in [0.15, 0.2) is 30.0 Å². The lowest BCUT2D eigenvalue weighted by molar-refractivity contribution is -0.137. The largest absolute Gasteiger partial charge is 0.454 e. The zero-order chi connectivity index (χ0) is 20.7. The number of hydrogen-bond acceptors (Lipinski definition) is 7. The summed E-state index contributed by atoms with van der Waals surface area (Å²) in [5.74, 6) is -0.186. The van der Waals surface area contributed by atoms with Crippen LogP contribution in [0.25, 0.3) is 0 Å². The Kier molecular flexibility index (Phi) is 4.79. The summed E-state index contributed by atoms with van der Waals surface area (Å²) in [5, 5.41) is 2.83. The van der Waals surface area contributed by atoms with Gasteiger partial charge in [0.15, 0.2) is 11.5 Å². The fraction of sp³-hybridized carbons (Fsp3) is 0.421. The van der Waals surface area contributed by atoms with Crippen LogP contribution in [0.4, 0.5) is 10.5 Å². The molecule has 1 saturated heterocycles. The van der Waals surface area contributed by atoms with Crippen molar-refractivity contribution in [3.8, 4) is 11.5 Å². The van der Waals surface area contributed by atoms with Crippen molar-refractivity contribution in [3.63, 3.8) is 0 Å². The molecule has 1 N–H and O–H groups in total. The monoisotopic (exact) mass is 402 g/mol. The molecule has 2 unspecified atom stereocenters. The topological polar surface area (TPSA) is 101 Å². The molecule has 154 valence electrons. The van der Waals surface area contributed by atoms with Crippen LogP contribution in [-0.4, -0.2) is 79.9 Å². The van der Waals surface area contributed by atoms with Crippen LogP contribution >= 0.6 is 0 Å². The third kappa shape index (κ3) is 3.15. The average molecular weight is 402 g/mol. The summed E-state index contributed by atoms with van der Waals surface area (Å²) >= 11 is 0. The second kappa shape index (κ2) is 7.28. The van der Waals surface area contributed by atoms with Crippen LogP contribution in [0, 0.1) is 5.92 Å². The predicted molar refractivity (Wildman–Crippen MR) is 101 cm³/mol. The number of nitrogens with one attached hydrogen (secondary N) is 1. The maximum absolute atomic E-state index is 13.0. The molecule has 29 heavy (non-hydrogen) atoms. The average Bonchev–Trinajstić information content (AvgIpc) is 3.33. The molecule has 2 atom stereocenters. The van der Waals surface area contributed by atoms with Gasteiger partial charge >= 0.3 is 6.03 Å². The number of imide groups is 1. The minimum Gasteiger partial charge on any atom is -0.454 e. The van der Waals surface area contributed by atoms with Crippen molar-refractivity contribution in [2.45, 2.75) is 6.17 Å². The van der Waals surface area contributed by atoms with Gasteiger partial charge in [-0.3, -0.25) is 14.5 Å². The second-order valence-electron chi connectivity index (χ2n) is 6.99. The Bertz CT molecular complexity index is 901. The number of fused-ring (bicyclic) bond motifs is 2. The molecule has 10 heteroatoms. The Hall–Kier alpha value is -3.27. The van der Waals surface area contributed by atoms with Crippen LogP contribution in [0.2, 0.25) is 0 Å². The number of anilines is 1. The SMILES string of the molecule is COCCN1C(C(=O)Nc2ccc3c(c2)OCO3)=CC2C(=O)N(C)C(=O)N(C)C21. The van der Waals surface area contributed by atoms with Gasteiger partial charge < -0.3 is 29.3 Å². The van der Waals surface area contributed by atoms with E-state index in [1.165, 1.54) is 11.9 Å². The molecule has 0 aromatic heterocycles. The van der Waals surface area contributed by atoms with Gasteiger partial charge in [0, 0.05) is 39.5 Å². The fourth-order valence-corrected chi connectivity index (χ4v) is 3.82. The number of urea groups is 1. The van der Waals surface area contributed by atoms with Gasteiger partial charge in [0.1, 0.15) is 11.9 Å². The summed E-state index contributed by atoms with van der Waals surface area (Å²) < 4.78 is 15.8. The number of carbonyl (C=O) groups is 3. The number of ether oxygens (including phenoxy) is 3. The van der Waals surface area contributed by atoms with E-state index in [2.05, 4.69) is 5.32 Å². The third-order valence-corrected chi connectivity index (χ3v) is 5.29. The van der Waals surface area contributed by atoms with E-state index in [1.807, 2.05) is 0 Å². The summed E-state index contributed by atoms with van der Waals surface area (Å²) in [7, 11) is 4.61. The zero-order valence-electron chi connectivity index (χ0n) is 16.4. The Balaban J connectivity index is 1.60. The zero-order valence-corrected chi connectivity index (χ0v) is 16.4. The Labute approximate surface area is 167 Å². The van der Waals surface area contributed by atoms with Crippen molar-refractivity contribution in [1.29, 1.82) is 0 Å². The number of benzene rings is 1. The summed E-state index contributed by atoms with van der Waals surface area (Å²) in [6.45, 7) is 0.832. The van der Waals surface area contributed by atoms with E-state index < -0.39 is 18.1 Å². The minimum absolute atomic E-state index is 0.141. The van der Waals surface area contributed by atoms with Crippen molar-refractivity contribution < 1.29 is 28.6 Å². The molecule has 0 bridgehead atoms. The van der Waals surface area contributed by atoms with E-state index in [9.17, 15) is 14.4 Å². The lowest BCUT2D eigenvalue weighted by Crippen LogP contribution is -2.62. The smallest absolute Gasteiger partial charge is 0.327 e. The Morgan fingerprint density at radius 2 is 2.00 bits per heavy atom. The first-order chi connectivity index (χ1) is 13.9. The molecule has 1 aromatic carbocycles. The van der Waals surface area contributed by atoms with E-state index in [0.717, 1.165) is 4.90 Å². The number of methoxy groups -OCH3 is 1. The van der Waals surface area contributed by atoms with Gasteiger partial charge in [0.25, 0.3) is 5.91 Å². The normalized spacial score (nSPS) is 22.7. The molecule has 3 heterocycles. The highest BCUT2D eigenvalue weighted by Gasteiger charge is 2.50. The van der Waals surface area contributed by atoms with Crippen LogP contribution in [0.3, 0.4) is 0 Å². The lowest BCUT2D eigenvalue weighted by atomic mass is 10.0. The van der Waals surface area contributed by atoms with Gasteiger partial charge in [0.2, 0.25) is 12.7 Å². The molecule has 10 nitrogen and oxygen atoms in total. The molecule has 1 fully saturated rings. The standard InChI is InChI=1S/C19H22N4O6/c1-21-17-12(18(25)22(2)19(21)26)9-13(23(17)6-7-27-3)16(24)20-11-4-5-14-15(8-11)29-10-28-14/h4-5,8-9,12,17H,6-7,10H2,1-3H3,(H,20,24). The third-order valence-electron chi connectivity index (χ3n) is 5.29. The van der Waals surface area contributed by atoms with Gasteiger partial charge in [-0.1, -0.05) is 0 Å². The predicted octanol–water partition coefficient (Wildman–Crippen LogP) is 0.666. The summed E-state index contributed by atoms with van der Waals surface area (Å²) in [6.07, 6.45) is 1.04. The molecular weight excluding hydrogens is 380 g/mol. The number of rotatable bonds is 5. The van der Waals surface area contributed by atoms with Gasteiger partial charge in [-0.2, -0.15) is 0 Å². The lowest BCUT2D eigenvalue weighted by Gasteiger charge is -2.43. The molecule has 3 aliphatic rings. The van der Waals surface area contributed by atoms with Crippen molar-refractivity contribution in [2.75, 3.05) is 46.5 Å². The van der Waals surface area contributed by atoms with Gasteiger partial charge in [0.05, 0.1) is 12.5 Å². The molecule has 0 saturated carbocycles. The fourth-order valence-electron chi connectivity index (χ4n) is 3.82. The van der Waals surface area contributed by atoms with Gasteiger partial charge in [-0.05, 0) is 18.2 Å². The Morgan fingerprint density at radius 1 is 1.24 bits per heavy atom. The minimum atomic E-state index is -0.628.